The summed E-state index contributed by atoms with van der Waals surface area (Å²) < 4.78 is 5.79. The number of benzene rings is 2. The van der Waals surface area contributed by atoms with Gasteiger partial charge in [0.2, 0.25) is 0 Å². The van der Waals surface area contributed by atoms with Gasteiger partial charge in [0.25, 0.3) is 0 Å². The minimum atomic E-state index is -0.108. The fourth-order valence-corrected chi connectivity index (χ4v) is 5.73. The number of anilines is 2. The normalized spacial score (nSPS) is 23.0. The zero-order valence-corrected chi connectivity index (χ0v) is 19.5. The zero-order valence-electron chi connectivity index (χ0n) is 17.9. The average Bonchev–Trinajstić information content (AvgIpc) is 2.97. The van der Waals surface area contributed by atoms with Crippen molar-refractivity contribution in [3.8, 4) is 5.75 Å². The molecule has 0 bridgehead atoms. The Kier molecular flexibility index (Phi) is 5.83. The molecule has 2 fully saturated rings. The van der Waals surface area contributed by atoms with Gasteiger partial charge in [0.1, 0.15) is 5.75 Å². The van der Waals surface area contributed by atoms with E-state index in [1.165, 1.54) is 42.5 Å². The van der Waals surface area contributed by atoms with Gasteiger partial charge in [-0.15, -0.1) is 0 Å². The number of rotatable bonds is 6. The first kappa shape index (κ1) is 20.7. The first-order chi connectivity index (χ1) is 15.1. The molecule has 0 aromatic heterocycles. The minimum Gasteiger partial charge on any atom is -0.494 e. The van der Waals surface area contributed by atoms with Crippen LogP contribution in [0, 0.1) is 0 Å². The number of nitrogens with one attached hydrogen (secondary N) is 2. The third-order valence-electron chi connectivity index (χ3n) is 6.88. The Labute approximate surface area is 192 Å². The second kappa shape index (κ2) is 8.73. The Morgan fingerprint density at radius 2 is 1.84 bits per heavy atom. The van der Waals surface area contributed by atoms with Gasteiger partial charge in [-0.2, -0.15) is 0 Å². The number of amides is 2. The van der Waals surface area contributed by atoms with Crippen LogP contribution in [0.1, 0.15) is 67.4 Å². The summed E-state index contributed by atoms with van der Waals surface area (Å²) in [5.41, 5.74) is 4.69. The van der Waals surface area contributed by atoms with Crippen molar-refractivity contribution >= 4 is 33.3 Å². The first-order valence-electron chi connectivity index (χ1n) is 11.5. The Bertz CT molecular complexity index is 940. The van der Waals surface area contributed by atoms with Crippen molar-refractivity contribution in [2.45, 2.75) is 68.4 Å². The predicted octanol–water partition coefficient (Wildman–Crippen LogP) is 6.31. The Morgan fingerprint density at radius 1 is 1.10 bits per heavy atom. The minimum absolute atomic E-state index is 0.108. The highest BCUT2D eigenvalue weighted by Crippen LogP contribution is 2.55. The summed E-state index contributed by atoms with van der Waals surface area (Å²) in [6.45, 7) is 2.70. The van der Waals surface area contributed by atoms with Crippen LogP contribution in [0.3, 0.4) is 0 Å². The Morgan fingerprint density at radius 3 is 2.45 bits per heavy atom. The van der Waals surface area contributed by atoms with E-state index in [4.69, 9.17) is 4.74 Å². The predicted molar refractivity (Wildman–Crippen MR) is 128 cm³/mol. The van der Waals surface area contributed by atoms with Crippen LogP contribution in [0.15, 0.2) is 42.5 Å². The topological polar surface area (TPSA) is 53.6 Å². The molecule has 1 aliphatic heterocycles. The van der Waals surface area contributed by atoms with Gasteiger partial charge >= 0.3 is 6.03 Å². The maximum absolute atomic E-state index is 12.2. The first-order valence-corrected chi connectivity index (χ1v) is 12.4. The van der Waals surface area contributed by atoms with Gasteiger partial charge in [0.05, 0.1) is 17.5 Å². The zero-order chi connectivity index (χ0) is 21.4. The van der Waals surface area contributed by atoms with Gasteiger partial charge < -0.3 is 20.3 Å². The van der Waals surface area contributed by atoms with Crippen molar-refractivity contribution in [1.82, 2.24) is 5.32 Å². The molecule has 2 aliphatic carbocycles. The van der Waals surface area contributed by atoms with Gasteiger partial charge in [-0.05, 0) is 74.8 Å². The summed E-state index contributed by atoms with van der Waals surface area (Å²) in [7, 11) is 0. The van der Waals surface area contributed by atoms with Crippen LogP contribution in [0.4, 0.5) is 16.2 Å². The number of fused-ring (bicyclic) bond motifs is 1. The molecule has 2 saturated carbocycles. The summed E-state index contributed by atoms with van der Waals surface area (Å²) in [5.74, 6) is 0.933. The summed E-state index contributed by atoms with van der Waals surface area (Å²) in [4.78, 5) is 15.0. The summed E-state index contributed by atoms with van der Waals surface area (Å²) in [6.07, 6.45) is 7.14. The SMILES string of the molecule is CCOc1ccc2c(c1)N(C1CCC1)C(c1ccc(NC(=O)NC3CCC3)cc1)C2Br. The fraction of sp³-hybridized carbons (Fsp3) is 0.480. The monoisotopic (exact) mass is 483 g/mol. The number of ether oxygens (including phenoxy) is 1. The molecule has 31 heavy (non-hydrogen) atoms. The van der Waals surface area contributed by atoms with Crippen molar-refractivity contribution < 1.29 is 9.53 Å². The summed E-state index contributed by atoms with van der Waals surface area (Å²) in [6, 6.07) is 15.8. The molecule has 2 aromatic rings. The molecule has 3 aliphatic rings. The van der Waals surface area contributed by atoms with Crippen LogP contribution in [-0.4, -0.2) is 24.7 Å². The molecule has 164 valence electrons. The van der Waals surface area contributed by atoms with Gasteiger partial charge in [-0.3, -0.25) is 0 Å². The molecule has 5 nitrogen and oxygen atoms in total. The molecule has 0 spiro atoms. The van der Waals surface area contributed by atoms with E-state index in [9.17, 15) is 4.79 Å². The number of urea groups is 1. The maximum atomic E-state index is 12.2. The standard InChI is InChI=1S/C25H30BrN3O2/c1-2-31-20-13-14-21-22(15-20)29(19-7-4-8-19)24(23(21)26)16-9-11-18(12-10-16)28-25(30)27-17-5-3-6-17/h9-15,17,19,23-24H,2-8H2,1H3,(H2,27,28,30). The van der Waals surface area contributed by atoms with Crippen molar-refractivity contribution in [2.24, 2.45) is 0 Å². The molecule has 2 aromatic carbocycles. The number of hydrogen-bond donors (Lipinski definition) is 2. The van der Waals surface area contributed by atoms with Crippen LogP contribution < -0.4 is 20.3 Å². The van der Waals surface area contributed by atoms with E-state index in [-0.39, 0.29) is 16.9 Å². The smallest absolute Gasteiger partial charge is 0.319 e. The lowest BCUT2D eigenvalue weighted by Gasteiger charge is -2.41. The molecule has 2 atom stereocenters. The van der Waals surface area contributed by atoms with E-state index in [0.717, 1.165) is 24.3 Å². The summed E-state index contributed by atoms with van der Waals surface area (Å²) in [5, 5.41) is 6.00. The highest BCUT2D eigenvalue weighted by atomic mass is 79.9. The highest BCUT2D eigenvalue weighted by Gasteiger charge is 2.43. The van der Waals surface area contributed by atoms with Crippen molar-refractivity contribution in [2.75, 3.05) is 16.8 Å². The lowest BCUT2D eigenvalue weighted by atomic mass is 9.89. The van der Waals surface area contributed by atoms with Gasteiger partial charge in [0.15, 0.2) is 0 Å². The number of carbonyl (C=O) groups excluding carboxylic acids is 1. The van der Waals surface area contributed by atoms with Crippen LogP contribution in [0.25, 0.3) is 0 Å². The largest absolute Gasteiger partial charge is 0.494 e. The van der Waals surface area contributed by atoms with Crippen LogP contribution in [-0.2, 0) is 0 Å². The van der Waals surface area contributed by atoms with E-state index in [1.807, 2.05) is 19.1 Å². The lowest BCUT2D eigenvalue weighted by molar-refractivity contribution is 0.240. The molecule has 6 heteroatoms. The molecule has 0 saturated heterocycles. The lowest BCUT2D eigenvalue weighted by Crippen LogP contribution is -2.42. The maximum Gasteiger partial charge on any atom is 0.319 e. The molecular weight excluding hydrogens is 454 g/mol. The molecule has 1 heterocycles. The molecule has 2 unspecified atom stereocenters. The second-order valence-corrected chi connectivity index (χ2v) is 9.83. The third kappa shape index (κ3) is 4.02. The number of hydrogen-bond acceptors (Lipinski definition) is 3. The third-order valence-corrected chi connectivity index (χ3v) is 7.88. The van der Waals surface area contributed by atoms with Crippen LogP contribution in [0.2, 0.25) is 0 Å². The molecule has 2 amide bonds. The van der Waals surface area contributed by atoms with Crippen molar-refractivity contribution in [3.05, 3.63) is 53.6 Å². The molecular formula is C25H30BrN3O2. The molecule has 0 radical (unpaired) electrons. The van der Waals surface area contributed by atoms with E-state index >= 15 is 0 Å². The van der Waals surface area contributed by atoms with Gasteiger partial charge in [-0.1, -0.05) is 34.1 Å². The average molecular weight is 484 g/mol. The van der Waals surface area contributed by atoms with E-state index in [2.05, 4.69) is 61.8 Å². The van der Waals surface area contributed by atoms with E-state index in [0.29, 0.717) is 18.7 Å². The Hall–Kier alpha value is -2.21. The number of halogens is 1. The van der Waals surface area contributed by atoms with Crippen LogP contribution >= 0.6 is 15.9 Å². The van der Waals surface area contributed by atoms with Gasteiger partial charge in [0, 0.05) is 29.5 Å². The summed E-state index contributed by atoms with van der Waals surface area (Å²) >= 11 is 4.00. The number of alkyl halides is 1. The second-order valence-electron chi connectivity index (χ2n) is 8.84. The van der Waals surface area contributed by atoms with Crippen molar-refractivity contribution in [1.29, 1.82) is 0 Å². The molecule has 5 rings (SSSR count). The van der Waals surface area contributed by atoms with Crippen LogP contribution in [0.5, 0.6) is 5.75 Å². The number of carbonyl (C=O) groups is 1. The molecule has 2 N–H and O–H groups in total. The van der Waals surface area contributed by atoms with Gasteiger partial charge in [-0.25, -0.2) is 4.79 Å². The quantitative estimate of drug-likeness (QED) is 0.473. The Balaban J connectivity index is 1.37. The van der Waals surface area contributed by atoms with E-state index < -0.39 is 0 Å². The fourth-order valence-electron chi connectivity index (χ4n) is 4.78. The van der Waals surface area contributed by atoms with E-state index in [1.54, 1.807) is 0 Å². The van der Waals surface area contributed by atoms with Crippen molar-refractivity contribution in [3.63, 3.8) is 0 Å². The highest BCUT2D eigenvalue weighted by molar-refractivity contribution is 9.09. The number of nitrogens with zero attached hydrogens (tertiary/aromatic N) is 1.